The van der Waals surface area contributed by atoms with Gasteiger partial charge in [0.2, 0.25) is 10.0 Å². The van der Waals surface area contributed by atoms with E-state index in [0.717, 1.165) is 18.4 Å². The first-order valence-electron chi connectivity index (χ1n) is 7.31. The molecule has 1 aromatic rings. The smallest absolute Gasteiger partial charge is 0.240 e. The van der Waals surface area contributed by atoms with Gasteiger partial charge in [-0.3, -0.25) is 0 Å². The van der Waals surface area contributed by atoms with E-state index in [2.05, 4.69) is 11.6 Å². The van der Waals surface area contributed by atoms with Crippen molar-refractivity contribution in [3.05, 3.63) is 29.8 Å². The molecule has 0 aliphatic heterocycles. The lowest BCUT2D eigenvalue weighted by Gasteiger charge is -2.16. The third-order valence-electron chi connectivity index (χ3n) is 4.24. The van der Waals surface area contributed by atoms with Gasteiger partial charge in [-0.1, -0.05) is 31.9 Å². The molecule has 2 atom stereocenters. The van der Waals surface area contributed by atoms with Crippen molar-refractivity contribution in [3.63, 3.8) is 0 Å². The van der Waals surface area contributed by atoms with E-state index in [1.165, 1.54) is 12.8 Å². The topological polar surface area (TPSA) is 72.2 Å². The van der Waals surface area contributed by atoms with E-state index < -0.39 is 10.0 Å². The molecule has 2 unspecified atom stereocenters. The average Bonchev–Trinajstić information content (AvgIpc) is 2.83. The normalized spacial score (nSPS) is 23.1. The second-order valence-electron chi connectivity index (χ2n) is 5.70. The summed E-state index contributed by atoms with van der Waals surface area (Å²) in [5.74, 6) is 1.09. The third kappa shape index (κ3) is 3.81. The summed E-state index contributed by atoms with van der Waals surface area (Å²) >= 11 is 0. The SMILES string of the molecule is CC1CCCC1CNS(=O)(=O)c1ccc(CCN)cc1. The van der Waals surface area contributed by atoms with Crippen LogP contribution >= 0.6 is 0 Å². The molecule has 0 saturated heterocycles. The summed E-state index contributed by atoms with van der Waals surface area (Å²) in [5, 5.41) is 0. The molecule has 0 heterocycles. The molecule has 112 valence electrons. The van der Waals surface area contributed by atoms with Crippen molar-refractivity contribution in [3.8, 4) is 0 Å². The molecule has 1 saturated carbocycles. The first kappa shape index (κ1) is 15.5. The molecule has 0 radical (unpaired) electrons. The van der Waals surface area contributed by atoms with Gasteiger partial charge in [-0.2, -0.15) is 0 Å². The third-order valence-corrected chi connectivity index (χ3v) is 5.68. The van der Waals surface area contributed by atoms with Crippen molar-refractivity contribution >= 4 is 10.0 Å². The zero-order chi connectivity index (χ0) is 14.6. The minimum atomic E-state index is -3.38. The number of sulfonamides is 1. The maximum atomic E-state index is 12.2. The van der Waals surface area contributed by atoms with E-state index in [-0.39, 0.29) is 0 Å². The van der Waals surface area contributed by atoms with Gasteiger partial charge in [0, 0.05) is 6.54 Å². The predicted octanol–water partition coefficient (Wildman–Crippen LogP) is 1.90. The van der Waals surface area contributed by atoms with Crippen LogP contribution < -0.4 is 10.5 Å². The number of hydrogen-bond acceptors (Lipinski definition) is 3. The van der Waals surface area contributed by atoms with E-state index >= 15 is 0 Å². The predicted molar refractivity (Wildman–Crippen MR) is 80.9 cm³/mol. The maximum Gasteiger partial charge on any atom is 0.240 e. The van der Waals surface area contributed by atoms with Crippen LogP contribution in [0.2, 0.25) is 0 Å². The Balaban J connectivity index is 1.98. The molecule has 0 spiro atoms. The zero-order valence-electron chi connectivity index (χ0n) is 12.0. The second kappa shape index (κ2) is 6.70. The molecule has 5 heteroatoms. The van der Waals surface area contributed by atoms with Crippen LogP contribution in [0.1, 0.15) is 31.7 Å². The molecule has 0 amide bonds. The maximum absolute atomic E-state index is 12.2. The van der Waals surface area contributed by atoms with Crippen LogP contribution in [-0.4, -0.2) is 21.5 Å². The van der Waals surface area contributed by atoms with Crippen LogP contribution in [0.3, 0.4) is 0 Å². The summed E-state index contributed by atoms with van der Waals surface area (Å²) in [5.41, 5.74) is 6.55. The Morgan fingerprint density at radius 1 is 1.25 bits per heavy atom. The van der Waals surface area contributed by atoms with Crippen molar-refractivity contribution in [2.45, 2.75) is 37.5 Å². The van der Waals surface area contributed by atoms with E-state index in [1.807, 2.05) is 12.1 Å². The summed E-state index contributed by atoms with van der Waals surface area (Å²) in [6.45, 7) is 3.32. The number of benzene rings is 1. The molecule has 0 aromatic heterocycles. The number of rotatable bonds is 6. The lowest BCUT2D eigenvalue weighted by molar-refractivity contribution is 0.414. The Morgan fingerprint density at radius 2 is 1.95 bits per heavy atom. The lowest BCUT2D eigenvalue weighted by Crippen LogP contribution is -2.30. The molecule has 2 rings (SSSR count). The van der Waals surface area contributed by atoms with Gasteiger partial charge in [0.15, 0.2) is 0 Å². The molecule has 1 aromatic carbocycles. The highest BCUT2D eigenvalue weighted by atomic mass is 32.2. The number of hydrogen-bond donors (Lipinski definition) is 2. The second-order valence-corrected chi connectivity index (χ2v) is 7.47. The fraction of sp³-hybridized carbons (Fsp3) is 0.600. The highest BCUT2D eigenvalue weighted by molar-refractivity contribution is 7.89. The van der Waals surface area contributed by atoms with E-state index in [9.17, 15) is 8.42 Å². The van der Waals surface area contributed by atoms with Gasteiger partial charge >= 0.3 is 0 Å². The van der Waals surface area contributed by atoms with Gasteiger partial charge in [0.25, 0.3) is 0 Å². The summed E-state index contributed by atoms with van der Waals surface area (Å²) in [6, 6.07) is 6.98. The van der Waals surface area contributed by atoms with E-state index in [1.54, 1.807) is 12.1 Å². The highest BCUT2D eigenvalue weighted by Gasteiger charge is 2.25. The fourth-order valence-corrected chi connectivity index (χ4v) is 3.92. The van der Waals surface area contributed by atoms with Gasteiger partial charge in [-0.05, 0) is 48.9 Å². The molecule has 3 N–H and O–H groups in total. The van der Waals surface area contributed by atoms with Crippen LogP contribution in [0.15, 0.2) is 29.2 Å². The molecule has 1 aliphatic carbocycles. The summed E-state index contributed by atoms with van der Waals surface area (Å²) in [4.78, 5) is 0.337. The summed E-state index contributed by atoms with van der Waals surface area (Å²) < 4.78 is 27.2. The van der Waals surface area contributed by atoms with Crippen molar-refractivity contribution in [1.29, 1.82) is 0 Å². The van der Waals surface area contributed by atoms with Crippen molar-refractivity contribution < 1.29 is 8.42 Å². The van der Waals surface area contributed by atoms with Crippen LogP contribution in [0.25, 0.3) is 0 Å². The van der Waals surface area contributed by atoms with Gasteiger partial charge in [0.1, 0.15) is 0 Å². The van der Waals surface area contributed by atoms with Gasteiger partial charge < -0.3 is 5.73 Å². The average molecular weight is 296 g/mol. The molecular weight excluding hydrogens is 272 g/mol. The van der Waals surface area contributed by atoms with Gasteiger partial charge in [-0.15, -0.1) is 0 Å². The Morgan fingerprint density at radius 3 is 2.50 bits per heavy atom. The van der Waals surface area contributed by atoms with Gasteiger partial charge in [0.05, 0.1) is 4.90 Å². The Hall–Kier alpha value is -0.910. The van der Waals surface area contributed by atoms with E-state index in [0.29, 0.717) is 29.8 Å². The standard InChI is InChI=1S/C15H24N2O2S/c1-12-3-2-4-14(12)11-17-20(18,19)15-7-5-13(6-8-15)9-10-16/h5-8,12,14,17H,2-4,9-11,16H2,1H3. The molecule has 1 aliphatic rings. The quantitative estimate of drug-likeness (QED) is 0.842. The lowest BCUT2D eigenvalue weighted by atomic mass is 9.99. The fourth-order valence-electron chi connectivity index (χ4n) is 2.83. The monoisotopic (exact) mass is 296 g/mol. The largest absolute Gasteiger partial charge is 0.330 e. The first-order valence-corrected chi connectivity index (χ1v) is 8.80. The van der Waals surface area contributed by atoms with Crippen LogP contribution in [-0.2, 0) is 16.4 Å². The van der Waals surface area contributed by atoms with Crippen LogP contribution in [0.5, 0.6) is 0 Å². The Bertz CT molecular complexity index is 525. The van der Waals surface area contributed by atoms with Gasteiger partial charge in [-0.25, -0.2) is 13.1 Å². The minimum Gasteiger partial charge on any atom is -0.330 e. The molecular formula is C15H24N2O2S. The molecule has 4 nitrogen and oxygen atoms in total. The Kier molecular flexibility index (Phi) is 5.18. The molecule has 1 fully saturated rings. The van der Waals surface area contributed by atoms with Crippen molar-refractivity contribution in [2.75, 3.05) is 13.1 Å². The summed E-state index contributed by atoms with van der Waals surface area (Å²) in [6.07, 6.45) is 4.31. The van der Waals surface area contributed by atoms with Crippen LogP contribution in [0.4, 0.5) is 0 Å². The summed E-state index contributed by atoms with van der Waals surface area (Å²) in [7, 11) is -3.38. The zero-order valence-corrected chi connectivity index (χ0v) is 12.8. The van der Waals surface area contributed by atoms with E-state index in [4.69, 9.17) is 5.73 Å². The molecule has 0 bridgehead atoms. The van der Waals surface area contributed by atoms with Crippen molar-refractivity contribution in [1.82, 2.24) is 4.72 Å². The molecule has 20 heavy (non-hydrogen) atoms. The minimum absolute atomic E-state index is 0.337. The van der Waals surface area contributed by atoms with Crippen LogP contribution in [0, 0.1) is 11.8 Å². The Labute approximate surface area is 121 Å². The number of nitrogens with one attached hydrogen (secondary N) is 1. The first-order chi connectivity index (χ1) is 9.53. The number of nitrogens with two attached hydrogens (primary N) is 1. The van der Waals surface area contributed by atoms with Crippen molar-refractivity contribution in [2.24, 2.45) is 17.6 Å². The highest BCUT2D eigenvalue weighted by Crippen LogP contribution is 2.30.